The fourth-order valence-corrected chi connectivity index (χ4v) is 3.53. The van der Waals surface area contributed by atoms with E-state index in [0.717, 1.165) is 5.56 Å². The molecule has 0 saturated heterocycles. The van der Waals surface area contributed by atoms with Crippen molar-refractivity contribution in [3.8, 4) is 17.2 Å². The summed E-state index contributed by atoms with van der Waals surface area (Å²) in [7, 11) is 1.31. The van der Waals surface area contributed by atoms with Gasteiger partial charge in [0.1, 0.15) is 23.9 Å². The average Bonchev–Trinajstić information content (AvgIpc) is 2.89. The number of carboxylic acid groups (broad SMARTS) is 1. The molecule has 3 aromatic carbocycles. The lowest BCUT2D eigenvalue weighted by Gasteiger charge is -2.14. The molecule has 37 heavy (non-hydrogen) atoms. The van der Waals surface area contributed by atoms with Crippen LogP contribution in [-0.2, 0) is 22.6 Å². The van der Waals surface area contributed by atoms with Gasteiger partial charge in [-0.25, -0.2) is 4.79 Å². The van der Waals surface area contributed by atoms with E-state index in [-0.39, 0.29) is 30.8 Å². The number of aryl methyl sites for hydroxylation is 1. The maximum Gasteiger partial charge on any atom is 0.337 e. The molecule has 0 aliphatic heterocycles. The number of rotatable bonds is 12. The van der Waals surface area contributed by atoms with Crippen LogP contribution in [0.25, 0.3) is 0 Å². The van der Waals surface area contributed by atoms with Crippen LogP contribution in [0.4, 0.5) is 0 Å². The quantitative estimate of drug-likeness (QED) is 0.259. The second-order valence-corrected chi connectivity index (χ2v) is 8.91. The van der Waals surface area contributed by atoms with Crippen LogP contribution in [0.2, 0.25) is 0 Å². The summed E-state index contributed by atoms with van der Waals surface area (Å²) in [4.78, 5) is 35.9. The van der Waals surface area contributed by atoms with Crippen molar-refractivity contribution in [3.63, 3.8) is 0 Å². The molecule has 0 unspecified atom stereocenters. The Kier molecular flexibility index (Phi) is 9.27. The van der Waals surface area contributed by atoms with E-state index in [1.165, 1.54) is 19.2 Å². The zero-order chi connectivity index (χ0) is 26.9. The number of carbonyl (C=O) groups excluding carboxylic acids is 2. The molecule has 0 bridgehead atoms. The first kappa shape index (κ1) is 27.3. The molecular formula is C29H30O8. The van der Waals surface area contributed by atoms with E-state index in [0.29, 0.717) is 40.7 Å². The number of phenolic OH excluding ortho intramolecular Hbond substituents is 1. The lowest BCUT2D eigenvalue weighted by Crippen LogP contribution is -2.07. The summed E-state index contributed by atoms with van der Waals surface area (Å²) in [6.07, 6.45) is 0.00992. The van der Waals surface area contributed by atoms with Crippen molar-refractivity contribution in [1.82, 2.24) is 0 Å². The van der Waals surface area contributed by atoms with E-state index in [2.05, 4.69) is 0 Å². The number of carbonyl (C=O) groups is 3. The summed E-state index contributed by atoms with van der Waals surface area (Å²) in [6.45, 7) is 4.67. The average molecular weight is 507 g/mol. The highest BCUT2D eigenvalue weighted by Crippen LogP contribution is 2.29. The number of phenols is 1. The molecular weight excluding hydrogens is 476 g/mol. The molecule has 3 aromatic rings. The monoisotopic (exact) mass is 506 g/mol. The van der Waals surface area contributed by atoms with Crippen LogP contribution >= 0.6 is 0 Å². The van der Waals surface area contributed by atoms with Crippen molar-refractivity contribution >= 4 is 17.7 Å². The van der Waals surface area contributed by atoms with Crippen molar-refractivity contribution in [2.75, 3.05) is 13.7 Å². The van der Waals surface area contributed by atoms with Gasteiger partial charge in [0.2, 0.25) is 0 Å². The van der Waals surface area contributed by atoms with E-state index in [9.17, 15) is 24.6 Å². The van der Waals surface area contributed by atoms with Gasteiger partial charge in [-0.05, 0) is 65.9 Å². The standard InChI is InChI=1S/C29H30O8/c1-18(2)16-36-23-10-11-24(25(30)15-23)28(33)22-8-12-26(21(14-22)9-13-27(31)32)37-17-19-4-6-20(7-5-19)29(34)35-3/h4-8,10-12,14-15,18,30H,9,13,16-17H2,1-3H3,(H,31,32). The fraction of sp³-hybridized carbons (Fsp3) is 0.276. The molecule has 8 heteroatoms. The third-order valence-electron chi connectivity index (χ3n) is 5.50. The van der Waals surface area contributed by atoms with Crippen molar-refractivity contribution < 1.29 is 38.8 Å². The van der Waals surface area contributed by atoms with Crippen LogP contribution in [0.1, 0.15) is 57.7 Å². The van der Waals surface area contributed by atoms with Crippen LogP contribution in [0.3, 0.4) is 0 Å². The highest BCUT2D eigenvalue weighted by Gasteiger charge is 2.17. The van der Waals surface area contributed by atoms with Gasteiger partial charge in [-0.15, -0.1) is 0 Å². The van der Waals surface area contributed by atoms with Crippen molar-refractivity contribution in [3.05, 3.63) is 88.5 Å². The Labute approximate surface area is 215 Å². The third-order valence-corrected chi connectivity index (χ3v) is 5.50. The van der Waals surface area contributed by atoms with Crippen LogP contribution in [0.5, 0.6) is 17.2 Å². The van der Waals surface area contributed by atoms with Crippen LogP contribution in [-0.4, -0.2) is 41.7 Å². The smallest absolute Gasteiger partial charge is 0.337 e. The lowest BCUT2D eigenvalue weighted by atomic mass is 9.98. The number of hydrogen-bond acceptors (Lipinski definition) is 7. The second-order valence-electron chi connectivity index (χ2n) is 8.91. The number of aliphatic carboxylic acids is 1. The zero-order valence-corrected chi connectivity index (χ0v) is 21.0. The molecule has 0 amide bonds. The number of esters is 1. The number of ether oxygens (including phenoxy) is 3. The molecule has 0 spiro atoms. The molecule has 0 atom stereocenters. The molecule has 2 N–H and O–H groups in total. The molecule has 0 saturated carbocycles. The third kappa shape index (κ3) is 7.57. The number of carboxylic acids is 1. The van der Waals surface area contributed by atoms with Gasteiger partial charge in [0.25, 0.3) is 0 Å². The first-order chi connectivity index (χ1) is 17.7. The van der Waals surface area contributed by atoms with Gasteiger partial charge in [0.05, 0.1) is 24.8 Å². The molecule has 3 rings (SSSR count). The molecule has 8 nitrogen and oxygen atoms in total. The Bertz CT molecular complexity index is 1260. The molecule has 0 heterocycles. The van der Waals surface area contributed by atoms with Gasteiger partial charge < -0.3 is 24.4 Å². The maximum atomic E-state index is 13.1. The Hall–Kier alpha value is -4.33. The SMILES string of the molecule is COC(=O)c1ccc(COc2ccc(C(=O)c3ccc(OCC(C)C)cc3O)cc2CCC(=O)O)cc1. The number of methoxy groups -OCH3 is 1. The normalized spacial score (nSPS) is 10.7. The minimum absolute atomic E-state index is 0.112. The van der Waals surface area contributed by atoms with Crippen LogP contribution in [0.15, 0.2) is 60.7 Å². The molecule has 0 fully saturated rings. The maximum absolute atomic E-state index is 13.1. The summed E-state index contributed by atoms with van der Waals surface area (Å²) in [5.41, 5.74) is 2.17. The summed E-state index contributed by atoms with van der Waals surface area (Å²) in [5.74, 6) is -0.802. The number of benzene rings is 3. The molecule has 0 radical (unpaired) electrons. The second kappa shape index (κ2) is 12.6. The van der Waals surface area contributed by atoms with E-state index in [1.807, 2.05) is 13.8 Å². The highest BCUT2D eigenvalue weighted by molar-refractivity contribution is 6.11. The fourth-order valence-electron chi connectivity index (χ4n) is 3.53. The molecule has 0 aliphatic rings. The largest absolute Gasteiger partial charge is 0.507 e. The summed E-state index contributed by atoms with van der Waals surface area (Å²) in [6, 6.07) is 16.0. The Morgan fingerprint density at radius 1 is 0.892 bits per heavy atom. The first-order valence-electron chi connectivity index (χ1n) is 11.8. The van der Waals surface area contributed by atoms with Crippen molar-refractivity contribution in [1.29, 1.82) is 0 Å². The number of hydrogen-bond donors (Lipinski definition) is 2. The van der Waals surface area contributed by atoms with E-state index in [1.54, 1.807) is 48.5 Å². The predicted molar refractivity (Wildman–Crippen MR) is 136 cm³/mol. The molecule has 194 valence electrons. The van der Waals surface area contributed by atoms with Gasteiger partial charge in [-0.3, -0.25) is 9.59 Å². The van der Waals surface area contributed by atoms with E-state index >= 15 is 0 Å². The summed E-state index contributed by atoms with van der Waals surface area (Å²) < 4.78 is 16.2. The summed E-state index contributed by atoms with van der Waals surface area (Å²) in [5, 5.41) is 19.6. The van der Waals surface area contributed by atoms with E-state index < -0.39 is 17.7 Å². The van der Waals surface area contributed by atoms with Crippen molar-refractivity contribution in [2.45, 2.75) is 33.3 Å². The zero-order valence-electron chi connectivity index (χ0n) is 21.0. The Morgan fingerprint density at radius 2 is 1.59 bits per heavy atom. The number of aromatic hydroxyl groups is 1. The van der Waals surface area contributed by atoms with Gasteiger partial charge >= 0.3 is 11.9 Å². The highest BCUT2D eigenvalue weighted by atomic mass is 16.5. The van der Waals surface area contributed by atoms with E-state index in [4.69, 9.17) is 14.2 Å². The van der Waals surface area contributed by atoms with Crippen LogP contribution < -0.4 is 9.47 Å². The van der Waals surface area contributed by atoms with Crippen LogP contribution in [0, 0.1) is 5.92 Å². The Morgan fingerprint density at radius 3 is 2.22 bits per heavy atom. The lowest BCUT2D eigenvalue weighted by molar-refractivity contribution is -0.136. The molecule has 0 aliphatic carbocycles. The first-order valence-corrected chi connectivity index (χ1v) is 11.8. The minimum Gasteiger partial charge on any atom is -0.507 e. The topological polar surface area (TPSA) is 119 Å². The number of ketones is 1. The van der Waals surface area contributed by atoms with Gasteiger partial charge in [0, 0.05) is 18.1 Å². The predicted octanol–water partition coefficient (Wildman–Crippen LogP) is 5.04. The van der Waals surface area contributed by atoms with Gasteiger partial charge in [0.15, 0.2) is 5.78 Å². The van der Waals surface area contributed by atoms with Crippen molar-refractivity contribution in [2.24, 2.45) is 5.92 Å². The minimum atomic E-state index is -0.976. The molecule has 0 aromatic heterocycles. The Balaban J connectivity index is 1.79. The van der Waals surface area contributed by atoms with Gasteiger partial charge in [-0.2, -0.15) is 0 Å². The summed E-state index contributed by atoms with van der Waals surface area (Å²) >= 11 is 0. The van der Waals surface area contributed by atoms with Gasteiger partial charge in [-0.1, -0.05) is 26.0 Å².